The number of methoxy groups -OCH3 is 1. The number of rotatable bonds is 5. The predicted molar refractivity (Wildman–Crippen MR) is 87.4 cm³/mol. The molecule has 1 aromatic rings. The summed E-state index contributed by atoms with van der Waals surface area (Å²) in [5.74, 6) is 6.89. The molecule has 1 atom stereocenters. The third-order valence-electron chi connectivity index (χ3n) is 5.02. The summed E-state index contributed by atoms with van der Waals surface area (Å²) in [4.78, 5) is 2.52. The van der Waals surface area contributed by atoms with E-state index < -0.39 is 0 Å². The SMILES string of the molecule is COc1c(C(NN)C(C)(C)N2CCCC2)ccc(C)c1C. The number of nitrogens with zero attached hydrogens (tertiary/aromatic N) is 1. The van der Waals surface area contributed by atoms with Gasteiger partial charge in [0, 0.05) is 11.1 Å². The number of nitrogens with one attached hydrogen (secondary N) is 1. The first-order valence-electron chi connectivity index (χ1n) is 7.78. The Labute approximate surface area is 128 Å². The number of hydrogen-bond donors (Lipinski definition) is 2. The van der Waals surface area contributed by atoms with Gasteiger partial charge in [0.2, 0.25) is 0 Å². The fourth-order valence-corrected chi connectivity index (χ4v) is 3.46. The summed E-state index contributed by atoms with van der Waals surface area (Å²) in [6.45, 7) is 11.0. The minimum atomic E-state index is -0.0553. The van der Waals surface area contributed by atoms with E-state index in [-0.39, 0.29) is 11.6 Å². The number of aryl methyl sites for hydroxylation is 1. The van der Waals surface area contributed by atoms with Crippen molar-refractivity contribution in [1.82, 2.24) is 10.3 Å². The number of likely N-dealkylation sites (tertiary alicyclic amines) is 1. The van der Waals surface area contributed by atoms with Crippen LogP contribution in [-0.2, 0) is 0 Å². The van der Waals surface area contributed by atoms with Gasteiger partial charge < -0.3 is 4.74 Å². The summed E-state index contributed by atoms with van der Waals surface area (Å²) in [6, 6.07) is 4.33. The van der Waals surface area contributed by atoms with Gasteiger partial charge in [0.15, 0.2) is 0 Å². The molecule has 1 aliphatic heterocycles. The molecule has 0 amide bonds. The van der Waals surface area contributed by atoms with Gasteiger partial charge in [-0.25, -0.2) is 0 Å². The molecular weight excluding hydrogens is 262 g/mol. The number of hydrazine groups is 1. The van der Waals surface area contributed by atoms with Crippen molar-refractivity contribution < 1.29 is 4.74 Å². The van der Waals surface area contributed by atoms with Gasteiger partial charge in [0.25, 0.3) is 0 Å². The number of nitrogens with two attached hydrogens (primary N) is 1. The van der Waals surface area contributed by atoms with Crippen LogP contribution in [0.2, 0.25) is 0 Å². The van der Waals surface area contributed by atoms with E-state index in [9.17, 15) is 0 Å². The Hall–Kier alpha value is -1.10. The topological polar surface area (TPSA) is 50.5 Å². The molecule has 1 heterocycles. The van der Waals surface area contributed by atoms with E-state index in [1.165, 1.54) is 24.0 Å². The molecule has 0 saturated carbocycles. The summed E-state index contributed by atoms with van der Waals surface area (Å²) in [6.07, 6.45) is 2.54. The van der Waals surface area contributed by atoms with Crippen LogP contribution in [0, 0.1) is 13.8 Å². The van der Waals surface area contributed by atoms with Crippen molar-refractivity contribution in [2.24, 2.45) is 5.84 Å². The maximum Gasteiger partial charge on any atom is 0.126 e. The normalized spacial score (nSPS) is 18.0. The molecule has 4 nitrogen and oxygen atoms in total. The van der Waals surface area contributed by atoms with E-state index in [1.54, 1.807) is 7.11 Å². The van der Waals surface area contributed by atoms with E-state index in [1.807, 2.05) is 0 Å². The highest BCUT2D eigenvalue weighted by atomic mass is 16.5. The molecule has 1 saturated heterocycles. The van der Waals surface area contributed by atoms with Gasteiger partial charge in [0.05, 0.1) is 13.2 Å². The third kappa shape index (κ3) is 2.93. The lowest BCUT2D eigenvalue weighted by Gasteiger charge is -2.42. The Morgan fingerprint density at radius 1 is 1.24 bits per heavy atom. The molecule has 118 valence electrons. The van der Waals surface area contributed by atoms with Gasteiger partial charge in [-0.1, -0.05) is 12.1 Å². The maximum absolute atomic E-state index is 5.94. The third-order valence-corrected chi connectivity index (χ3v) is 5.02. The van der Waals surface area contributed by atoms with Crippen LogP contribution in [0.25, 0.3) is 0 Å². The summed E-state index contributed by atoms with van der Waals surface area (Å²) in [5, 5.41) is 0. The number of hydrogen-bond acceptors (Lipinski definition) is 4. The molecule has 0 aliphatic carbocycles. The van der Waals surface area contributed by atoms with Gasteiger partial charge in [0.1, 0.15) is 5.75 Å². The van der Waals surface area contributed by atoms with Crippen molar-refractivity contribution in [3.63, 3.8) is 0 Å². The van der Waals surface area contributed by atoms with Crippen molar-refractivity contribution in [2.45, 2.75) is 52.1 Å². The molecule has 0 spiro atoms. The first-order valence-corrected chi connectivity index (χ1v) is 7.78. The second-order valence-corrected chi connectivity index (χ2v) is 6.58. The summed E-state index contributed by atoms with van der Waals surface area (Å²) in [5.41, 5.74) is 6.55. The zero-order valence-corrected chi connectivity index (χ0v) is 14.0. The average molecular weight is 291 g/mol. The molecule has 4 heteroatoms. The van der Waals surface area contributed by atoms with Crippen molar-refractivity contribution in [1.29, 1.82) is 0 Å². The van der Waals surface area contributed by atoms with Crippen LogP contribution >= 0.6 is 0 Å². The zero-order valence-electron chi connectivity index (χ0n) is 14.0. The van der Waals surface area contributed by atoms with Crippen LogP contribution in [0.15, 0.2) is 12.1 Å². The van der Waals surface area contributed by atoms with Gasteiger partial charge in [-0.2, -0.15) is 0 Å². The minimum absolute atomic E-state index is 0.0323. The fourth-order valence-electron chi connectivity index (χ4n) is 3.46. The summed E-state index contributed by atoms with van der Waals surface area (Å²) in [7, 11) is 1.74. The highest BCUT2D eigenvalue weighted by molar-refractivity contribution is 5.47. The molecule has 0 bridgehead atoms. The largest absolute Gasteiger partial charge is 0.496 e. The molecule has 21 heavy (non-hydrogen) atoms. The Morgan fingerprint density at radius 3 is 2.38 bits per heavy atom. The average Bonchev–Trinajstić information content (AvgIpc) is 2.98. The Kier molecular flexibility index (Phi) is 4.91. The van der Waals surface area contributed by atoms with Gasteiger partial charge in [-0.3, -0.25) is 16.2 Å². The molecule has 1 aromatic carbocycles. The number of benzene rings is 1. The smallest absolute Gasteiger partial charge is 0.126 e. The Bertz CT molecular complexity index is 493. The molecule has 3 N–H and O–H groups in total. The van der Waals surface area contributed by atoms with Crippen molar-refractivity contribution >= 4 is 0 Å². The highest BCUT2D eigenvalue weighted by Crippen LogP contribution is 2.39. The standard InChI is InChI=1S/C17H29N3O/c1-12-8-9-14(15(21-5)13(12)2)16(19-18)17(3,4)20-10-6-7-11-20/h8-9,16,19H,6-7,10-11,18H2,1-5H3. The second kappa shape index (κ2) is 6.34. The quantitative estimate of drug-likeness (QED) is 0.647. The van der Waals surface area contributed by atoms with E-state index >= 15 is 0 Å². The number of ether oxygens (including phenoxy) is 1. The van der Waals surface area contributed by atoms with Crippen LogP contribution in [0.4, 0.5) is 0 Å². The Morgan fingerprint density at radius 2 is 1.86 bits per heavy atom. The maximum atomic E-state index is 5.94. The van der Waals surface area contributed by atoms with Crippen LogP contribution in [0.5, 0.6) is 5.75 Å². The lowest BCUT2D eigenvalue weighted by Crippen LogP contribution is -2.53. The molecule has 2 rings (SSSR count). The van der Waals surface area contributed by atoms with Crippen molar-refractivity contribution in [2.75, 3.05) is 20.2 Å². The second-order valence-electron chi connectivity index (χ2n) is 6.58. The van der Waals surface area contributed by atoms with Gasteiger partial charge >= 0.3 is 0 Å². The first-order chi connectivity index (χ1) is 9.93. The first kappa shape index (κ1) is 16.3. The van der Waals surface area contributed by atoms with Crippen LogP contribution in [-0.4, -0.2) is 30.6 Å². The molecule has 0 aromatic heterocycles. The minimum Gasteiger partial charge on any atom is -0.496 e. The lowest BCUT2D eigenvalue weighted by atomic mass is 9.85. The summed E-state index contributed by atoms with van der Waals surface area (Å²) >= 11 is 0. The molecular formula is C17H29N3O. The monoisotopic (exact) mass is 291 g/mol. The van der Waals surface area contributed by atoms with E-state index in [4.69, 9.17) is 10.6 Å². The molecule has 1 fully saturated rings. The zero-order chi connectivity index (χ0) is 15.6. The van der Waals surface area contributed by atoms with Crippen LogP contribution in [0.1, 0.15) is 49.4 Å². The van der Waals surface area contributed by atoms with Crippen LogP contribution in [0.3, 0.4) is 0 Å². The molecule has 0 radical (unpaired) electrons. The fraction of sp³-hybridized carbons (Fsp3) is 0.647. The van der Waals surface area contributed by atoms with Crippen molar-refractivity contribution in [3.8, 4) is 5.75 Å². The van der Waals surface area contributed by atoms with E-state index in [0.717, 1.165) is 24.4 Å². The van der Waals surface area contributed by atoms with Gasteiger partial charge in [-0.05, 0) is 64.8 Å². The van der Waals surface area contributed by atoms with Gasteiger partial charge in [-0.15, -0.1) is 0 Å². The lowest BCUT2D eigenvalue weighted by molar-refractivity contribution is 0.105. The Balaban J connectivity index is 2.43. The molecule has 1 aliphatic rings. The molecule has 1 unspecified atom stereocenters. The summed E-state index contributed by atoms with van der Waals surface area (Å²) < 4.78 is 5.68. The predicted octanol–water partition coefficient (Wildman–Crippen LogP) is 2.69. The van der Waals surface area contributed by atoms with Crippen molar-refractivity contribution in [3.05, 3.63) is 28.8 Å². The van der Waals surface area contributed by atoms with E-state index in [0.29, 0.717) is 0 Å². The van der Waals surface area contributed by atoms with E-state index in [2.05, 4.69) is 50.2 Å². The highest BCUT2D eigenvalue weighted by Gasteiger charge is 2.38. The van der Waals surface area contributed by atoms with Crippen LogP contribution < -0.4 is 16.0 Å².